The number of carbonyl (C=O) groups is 1. The number of fused-ring (bicyclic) bond motifs is 1. The summed E-state index contributed by atoms with van der Waals surface area (Å²) in [5.74, 6) is 0.926. The number of amides is 2. The van der Waals surface area contributed by atoms with Gasteiger partial charge in [-0.1, -0.05) is 6.92 Å². The highest BCUT2D eigenvalue weighted by Crippen LogP contribution is 2.26. The van der Waals surface area contributed by atoms with E-state index in [2.05, 4.69) is 25.5 Å². The Morgan fingerprint density at radius 1 is 1.16 bits per heavy atom. The van der Waals surface area contributed by atoms with Gasteiger partial charge < -0.3 is 15.1 Å². The number of aryl methyl sites for hydroxylation is 1. The number of imidazole rings is 1. The largest absolute Gasteiger partial charge is 0.421 e. The van der Waals surface area contributed by atoms with E-state index in [4.69, 9.17) is 4.42 Å². The average molecular weight is 431 g/mol. The first-order chi connectivity index (χ1) is 14.8. The van der Waals surface area contributed by atoms with Crippen LogP contribution in [0, 0.1) is 0 Å². The predicted molar refractivity (Wildman–Crippen MR) is 104 cm³/mol. The van der Waals surface area contributed by atoms with Crippen LogP contribution in [0.5, 0.6) is 0 Å². The van der Waals surface area contributed by atoms with Crippen LogP contribution in [-0.4, -0.2) is 43.3 Å². The molecule has 12 heteroatoms. The lowest BCUT2D eigenvalue weighted by Gasteiger charge is -2.10. The minimum absolute atomic E-state index is 0.238. The van der Waals surface area contributed by atoms with E-state index in [9.17, 15) is 18.0 Å². The molecule has 4 aromatic heterocycles. The normalized spacial score (nSPS) is 11.6. The molecule has 9 nitrogen and oxygen atoms in total. The standard InChI is InChI=1S/C19H16F3N7O2/c1-2-16-27-28-17(31-16)11-3-4-29-14(9-24-15(29)6-11)12-5-13(8-23-7-12)26-18(30)25-10-19(20,21)22/h3-9H,2,10H2,1H3,(H2,25,26,30). The molecule has 0 unspecified atom stereocenters. The molecule has 2 N–H and O–H groups in total. The van der Waals surface area contributed by atoms with Crippen molar-refractivity contribution in [1.29, 1.82) is 0 Å². The zero-order valence-electron chi connectivity index (χ0n) is 16.1. The minimum atomic E-state index is -4.49. The SMILES string of the molecule is CCc1nnc(-c2ccn3c(-c4cncc(NC(=O)NCC(F)(F)F)c4)cnc3c2)o1. The number of anilines is 1. The maximum atomic E-state index is 12.2. The molecule has 0 aliphatic heterocycles. The fraction of sp³-hybridized carbons (Fsp3) is 0.211. The van der Waals surface area contributed by atoms with Crippen molar-refractivity contribution in [2.75, 3.05) is 11.9 Å². The maximum Gasteiger partial charge on any atom is 0.405 e. The van der Waals surface area contributed by atoms with E-state index in [1.165, 1.54) is 6.20 Å². The minimum Gasteiger partial charge on any atom is -0.421 e. The van der Waals surface area contributed by atoms with Gasteiger partial charge in [0.25, 0.3) is 0 Å². The molecule has 31 heavy (non-hydrogen) atoms. The van der Waals surface area contributed by atoms with Crippen LogP contribution in [0.1, 0.15) is 12.8 Å². The van der Waals surface area contributed by atoms with E-state index < -0.39 is 18.8 Å². The van der Waals surface area contributed by atoms with Gasteiger partial charge in [0.15, 0.2) is 0 Å². The molecule has 160 valence electrons. The first-order valence-electron chi connectivity index (χ1n) is 9.19. The monoisotopic (exact) mass is 431 g/mol. The molecular formula is C19H16F3N7O2. The highest BCUT2D eigenvalue weighted by Gasteiger charge is 2.27. The molecule has 0 saturated heterocycles. The summed E-state index contributed by atoms with van der Waals surface area (Å²) in [6.45, 7) is 0.486. The maximum absolute atomic E-state index is 12.2. The quantitative estimate of drug-likeness (QED) is 0.499. The summed E-state index contributed by atoms with van der Waals surface area (Å²) in [6, 6.07) is 4.19. The van der Waals surface area contributed by atoms with Gasteiger partial charge in [0, 0.05) is 29.9 Å². The van der Waals surface area contributed by atoms with Crippen molar-refractivity contribution in [1.82, 2.24) is 29.9 Å². The summed E-state index contributed by atoms with van der Waals surface area (Å²) >= 11 is 0. The molecule has 0 spiro atoms. The summed E-state index contributed by atoms with van der Waals surface area (Å²) in [5.41, 5.74) is 2.85. The number of rotatable bonds is 5. The van der Waals surface area contributed by atoms with Gasteiger partial charge in [0.05, 0.1) is 23.8 Å². The van der Waals surface area contributed by atoms with E-state index in [1.54, 1.807) is 46.5 Å². The molecule has 0 aliphatic carbocycles. The molecule has 2 amide bonds. The van der Waals surface area contributed by atoms with E-state index in [0.29, 0.717) is 40.7 Å². The van der Waals surface area contributed by atoms with E-state index >= 15 is 0 Å². The van der Waals surface area contributed by atoms with Crippen molar-refractivity contribution in [3.8, 4) is 22.7 Å². The Balaban J connectivity index is 1.56. The number of nitrogens with zero attached hydrogens (tertiary/aromatic N) is 5. The molecule has 0 radical (unpaired) electrons. The highest BCUT2D eigenvalue weighted by molar-refractivity contribution is 5.89. The van der Waals surface area contributed by atoms with E-state index in [1.807, 2.05) is 6.92 Å². The van der Waals surface area contributed by atoms with Crippen LogP contribution in [0.15, 0.2) is 47.4 Å². The van der Waals surface area contributed by atoms with Gasteiger partial charge in [-0.25, -0.2) is 9.78 Å². The molecule has 4 heterocycles. The molecule has 0 bridgehead atoms. The highest BCUT2D eigenvalue weighted by atomic mass is 19.4. The Morgan fingerprint density at radius 2 is 2.00 bits per heavy atom. The summed E-state index contributed by atoms with van der Waals surface area (Å²) in [4.78, 5) is 20.1. The lowest BCUT2D eigenvalue weighted by molar-refractivity contribution is -0.122. The smallest absolute Gasteiger partial charge is 0.405 e. The second-order valence-corrected chi connectivity index (χ2v) is 6.53. The van der Waals surface area contributed by atoms with Gasteiger partial charge in [-0.05, 0) is 18.2 Å². The van der Waals surface area contributed by atoms with Gasteiger partial charge in [-0.3, -0.25) is 9.38 Å². The Morgan fingerprint density at radius 3 is 2.74 bits per heavy atom. The number of pyridine rings is 2. The predicted octanol–water partition coefficient (Wildman–Crippen LogP) is 3.69. The number of alkyl halides is 3. The molecule has 4 rings (SSSR count). The number of hydrogen-bond donors (Lipinski definition) is 2. The van der Waals surface area contributed by atoms with Crippen LogP contribution in [0.4, 0.5) is 23.7 Å². The Hall–Kier alpha value is -3.96. The second-order valence-electron chi connectivity index (χ2n) is 6.53. The molecule has 0 aliphatic rings. The molecule has 0 fully saturated rings. The van der Waals surface area contributed by atoms with Gasteiger partial charge in [-0.2, -0.15) is 13.2 Å². The Kier molecular flexibility index (Phi) is 5.28. The Labute approximate surface area is 173 Å². The third-order valence-electron chi connectivity index (χ3n) is 4.27. The molecule has 4 aromatic rings. The van der Waals surface area contributed by atoms with Gasteiger partial charge >= 0.3 is 12.2 Å². The number of aromatic nitrogens is 5. The van der Waals surface area contributed by atoms with Crippen molar-refractivity contribution in [2.45, 2.75) is 19.5 Å². The number of nitrogens with one attached hydrogen (secondary N) is 2. The molecule has 0 aromatic carbocycles. The fourth-order valence-electron chi connectivity index (χ4n) is 2.84. The molecule has 0 saturated carbocycles. The summed E-state index contributed by atoms with van der Waals surface area (Å²) < 4.78 is 44.1. The van der Waals surface area contributed by atoms with Gasteiger partial charge in [0.2, 0.25) is 11.8 Å². The number of urea groups is 1. The van der Waals surface area contributed by atoms with Crippen molar-refractivity contribution < 1.29 is 22.4 Å². The van der Waals surface area contributed by atoms with Crippen LogP contribution < -0.4 is 10.6 Å². The molecular weight excluding hydrogens is 415 g/mol. The van der Waals surface area contributed by atoms with E-state index in [-0.39, 0.29) is 5.69 Å². The lowest BCUT2D eigenvalue weighted by atomic mass is 10.2. The summed E-state index contributed by atoms with van der Waals surface area (Å²) in [5, 5.41) is 12.0. The third kappa shape index (κ3) is 4.63. The van der Waals surface area contributed by atoms with Crippen molar-refractivity contribution in [3.05, 3.63) is 48.9 Å². The van der Waals surface area contributed by atoms with Crippen molar-refractivity contribution in [2.24, 2.45) is 0 Å². The first kappa shape index (κ1) is 20.3. The van der Waals surface area contributed by atoms with Crippen LogP contribution in [0.3, 0.4) is 0 Å². The number of hydrogen-bond acceptors (Lipinski definition) is 6. The Bertz CT molecular complexity index is 1230. The van der Waals surface area contributed by atoms with Crippen LogP contribution in [-0.2, 0) is 6.42 Å². The van der Waals surface area contributed by atoms with Crippen LogP contribution in [0.2, 0.25) is 0 Å². The van der Waals surface area contributed by atoms with Gasteiger partial charge in [-0.15, -0.1) is 10.2 Å². The second kappa shape index (κ2) is 8.05. The van der Waals surface area contributed by atoms with Crippen LogP contribution in [0.25, 0.3) is 28.4 Å². The number of carbonyl (C=O) groups excluding carboxylic acids is 1. The molecule has 0 atom stereocenters. The van der Waals surface area contributed by atoms with Gasteiger partial charge in [0.1, 0.15) is 12.2 Å². The van der Waals surface area contributed by atoms with Crippen LogP contribution >= 0.6 is 0 Å². The van der Waals surface area contributed by atoms with Crippen molar-refractivity contribution >= 4 is 17.4 Å². The summed E-state index contributed by atoms with van der Waals surface area (Å²) in [6.07, 6.45) is 2.43. The summed E-state index contributed by atoms with van der Waals surface area (Å²) in [7, 11) is 0. The third-order valence-corrected chi connectivity index (χ3v) is 4.27. The lowest BCUT2D eigenvalue weighted by Crippen LogP contribution is -2.36. The zero-order chi connectivity index (χ0) is 22.0. The van der Waals surface area contributed by atoms with Crippen molar-refractivity contribution in [3.63, 3.8) is 0 Å². The first-order valence-corrected chi connectivity index (χ1v) is 9.19. The van der Waals surface area contributed by atoms with E-state index in [0.717, 1.165) is 0 Å². The topological polar surface area (TPSA) is 110 Å². The fourth-order valence-corrected chi connectivity index (χ4v) is 2.84. The number of halogens is 3. The average Bonchev–Trinajstić information content (AvgIpc) is 3.38. The zero-order valence-corrected chi connectivity index (χ0v) is 16.1.